The molecule has 0 bridgehead atoms. The lowest BCUT2D eigenvalue weighted by molar-refractivity contribution is 0.0699. The zero-order chi connectivity index (χ0) is 20.6. The van der Waals surface area contributed by atoms with Crippen LogP contribution in [-0.2, 0) is 16.6 Å². The van der Waals surface area contributed by atoms with E-state index in [9.17, 15) is 18.3 Å². The molecule has 0 radical (unpaired) electrons. The van der Waals surface area contributed by atoms with Gasteiger partial charge < -0.3 is 14.8 Å². The maximum Gasteiger partial charge on any atom is 0.337 e. The molecule has 0 amide bonds. The Morgan fingerprint density at radius 3 is 2.46 bits per heavy atom. The van der Waals surface area contributed by atoms with E-state index in [4.69, 9.17) is 4.74 Å². The third-order valence-corrected chi connectivity index (χ3v) is 6.61. The Bertz CT molecular complexity index is 1140. The van der Waals surface area contributed by atoms with E-state index in [0.29, 0.717) is 33.7 Å². The minimum Gasteiger partial charge on any atom is -0.497 e. The molecular formula is C19H21N3O5S. The van der Waals surface area contributed by atoms with Crippen molar-refractivity contribution < 1.29 is 23.1 Å². The molecule has 0 saturated heterocycles. The molecule has 0 aliphatic carbocycles. The number of aromatic carboxylic acids is 1. The highest BCUT2D eigenvalue weighted by atomic mass is 32.2. The predicted molar refractivity (Wildman–Crippen MR) is 104 cm³/mol. The fourth-order valence-electron chi connectivity index (χ4n) is 3.22. The van der Waals surface area contributed by atoms with Gasteiger partial charge in [0.2, 0.25) is 10.0 Å². The van der Waals surface area contributed by atoms with Crippen molar-refractivity contribution in [3.63, 3.8) is 0 Å². The van der Waals surface area contributed by atoms with Gasteiger partial charge in [-0.05, 0) is 49.2 Å². The third kappa shape index (κ3) is 3.46. The minimum atomic E-state index is -3.79. The van der Waals surface area contributed by atoms with Crippen molar-refractivity contribution in [1.82, 2.24) is 14.3 Å². The molecule has 8 nitrogen and oxygen atoms in total. The van der Waals surface area contributed by atoms with Crippen LogP contribution in [0.3, 0.4) is 0 Å². The van der Waals surface area contributed by atoms with Gasteiger partial charge in [-0.25, -0.2) is 18.2 Å². The lowest BCUT2D eigenvalue weighted by Gasteiger charge is -2.19. The number of aryl methyl sites for hydroxylation is 2. The van der Waals surface area contributed by atoms with E-state index in [1.807, 2.05) is 0 Å². The summed E-state index contributed by atoms with van der Waals surface area (Å²) < 4.78 is 32.6. The van der Waals surface area contributed by atoms with Crippen LogP contribution in [0.1, 0.15) is 27.3 Å². The number of carbonyl (C=O) groups is 1. The first-order valence-electron chi connectivity index (χ1n) is 8.47. The summed E-state index contributed by atoms with van der Waals surface area (Å²) in [5.41, 5.74) is 2.07. The number of para-hydroxylation sites is 1. The van der Waals surface area contributed by atoms with E-state index in [2.05, 4.69) is 9.97 Å². The van der Waals surface area contributed by atoms with Gasteiger partial charge in [0.05, 0.1) is 29.6 Å². The Kier molecular flexibility index (Phi) is 5.14. The van der Waals surface area contributed by atoms with Crippen LogP contribution in [0.5, 0.6) is 5.75 Å². The highest BCUT2D eigenvalue weighted by Crippen LogP contribution is 2.28. The number of hydrogen-bond acceptors (Lipinski definition) is 5. The maximum atomic E-state index is 13.1. The molecule has 0 unspecified atom stereocenters. The summed E-state index contributed by atoms with van der Waals surface area (Å²) in [6.45, 7) is 3.41. The highest BCUT2D eigenvalue weighted by Gasteiger charge is 2.26. The van der Waals surface area contributed by atoms with E-state index in [-0.39, 0.29) is 17.0 Å². The summed E-state index contributed by atoms with van der Waals surface area (Å²) in [5, 5.41) is 9.29. The smallest absolute Gasteiger partial charge is 0.337 e. The average molecular weight is 403 g/mol. The molecule has 0 aliphatic rings. The Labute approximate surface area is 162 Å². The molecule has 1 heterocycles. The molecule has 9 heteroatoms. The number of aromatic amines is 1. The van der Waals surface area contributed by atoms with Crippen LogP contribution in [-0.4, -0.2) is 47.9 Å². The van der Waals surface area contributed by atoms with Gasteiger partial charge in [-0.2, -0.15) is 4.31 Å². The Hall–Kier alpha value is -2.91. The number of methoxy groups -OCH3 is 1. The van der Waals surface area contributed by atoms with Gasteiger partial charge in [0, 0.05) is 7.05 Å². The number of H-pyrrole nitrogens is 1. The van der Waals surface area contributed by atoms with E-state index in [1.165, 1.54) is 24.5 Å². The largest absolute Gasteiger partial charge is 0.497 e. The van der Waals surface area contributed by atoms with E-state index in [1.54, 1.807) is 38.1 Å². The standard InChI is InChI=1S/C19H21N3O5S/c1-11-8-13(27-4)9-12(2)18(11)28(25,26)22(3)10-16-20-15-7-5-6-14(19(23)24)17(15)21-16/h5-9H,10H2,1-4H3,(H,20,21)(H,23,24). The predicted octanol–water partition coefficient (Wildman–Crippen LogP) is 2.71. The normalized spacial score (nSPS) is 11.9. The van der Waals surface area contributed by atoms with Crippen LogP contribution in [0.4, 0.5) is 0 Å². The van der Waals surface area contributed by atoms with Gasteiger partial charge in [-0.3, -0.25) is 0 Å². The summed E-state index contributed by atoms with van der Waals surface area (Å²) in [4.78, 5) is 18.9. The van der Waals surface area contributed by atoms with Crippen LogP contribution in [0.25, 0.3) is 11.0 Å². The molecule has 3 aromatic rings. The van der Waals surface area contributed by atoms with Crippen molar-refractivity contribution in [2.24, 2.45) is 0 Å². The zero-order valence-corrected chi connectivity index (χ0v) is 16.8. The van der Waals surface area contributed by atoms with Crippen LogP contribution in [0.2, 0.25) is 0 Å². The summed E-state index contributed by atoms with van der Waals surface area (Å²) in [6.07, 6.45) is 0. The second kappa shape index (κ2) is 7.25. The quantitative estimate of drug-likeness (QED) is 0.654. The molecule has 1 aromatic heterocycles. The Balaban J connectivity index is 1.97. The molecule has 148 valence electrons. The molecule has 2 aromatic carbocycles. The highest BCUT2D eigenvalue weighted by molar-refractivity contribution is 7.89. The number of hydrogen-bond donors (Lipinski definition) is 2. The van der Waals surface area contributed by atoms with Crippen molar-refractivity contribution in [3.8, 4) is 5.75 Å². The molecule has 0 spiro atoms. The van der Waals surface area contributed by atoms with Gasteiger partial charge in [-0.1, -0.05) is 6.07 Å². The first kappa shape index (κ1) is 19.8. The van der Waals surface area contributed by atoms with Crippen molar-refractivity contribution in [3.05, 3.63) is 52.8 Å². The number of imidazole rings is 1. The molecule has 28 heavy (non-hydrogen) atoms. The number of aromatic nitrogens is 2. The van der Waals surface area contributed by atoms with Gasteiger partial charge >= 0.3 is 5.97 Å². The molecule has 0 saturated carbocycles. The number of benzene rings is 2. The minimum absolute atomic E-state index is 0.0268. The fraction of sp³-hybridized carbons (Fsp3) is 0.263. The number of nitrogens with zero attached hydrogens (tertiary/aromatic N) is 2. The van der Waals surface area contributed by atoms with Crippen molar-refractivity contribution in [2.45, 2.75) is 25.3 Å². The number of carboxylic acids is 1. The second-order valence-electron chi connectivity index (χ2n) is 6.54. The van der Waals surface area contributed by atoms with Crippen molar-refractivity contribution in [1.29, 1.82) is 0 Å². The third-order valence-electron chi connectivity index (χ3n) is 4.50. The first-order valence-corrected chi connectivity index (χ1v) is 9.91. The molecular weight excluding hydrogens is 382 g/mol. The average Bonchev–Trinajstić information content (AvgIpc) is 3.02. The summed E-state index contributed by atoms with van der Waals surface area (Å²) in [6, 6.07) is 8.12. The fourth-order valence-corrected chi connectivity index (χ4v) is 4.75. The van der Waals surface area contributed by atoms with Crippen molar-refractivity contribution in [2.75, 3.05) is 14.2 Å². The monoisotopic (exact) mass is 403 g/mol. The van der Waals surface area contributed by atoms with E-state index < -0.39 is 16.0 Å². The summed E-state index contributed by atoms with van der Waals surface area (Å²) >= 11 is 0. The molecule has 0 atom stereocenters. The second-order valence-corrected chi connectivity index (χ2v) is 8.52. The molecule has 2 N–H and O–H groups in total. The van der Waals surface area contributed by atoms with Gasteiger partial charge in [0.25, 0.3) is 0 Å². The first-order chi connectivity index (χ1) is 13.1. The van der Waals surface area contributed by atoms with Gasteiger partial charge in [0.15, 0.2) is 0 Å². The Morgan fingerprint density at radius 1 is 1.25 bits per heavy atom. The van der Waals surface area contributed by atoms with Crippen LogP contribution in [0.15, 0.2) is 35.2 Å². The van der Waals surface area contributed by atoms with Gasteiger partial charge in [-0.15, -0.1) is 0 Å². The topological polar surface area (TPSA) is 113 Å². The number of fused-ring (bicyclic) bond motifs is 1. The number of nitrogens with one attached hydrogen (secondary N) is 1. The molecule has 3 rings (SSSR count). The van der Waals surface area contributed by atoms with E-state index >= 15 is 0 Å². The van der Waals surface area contributed by atoms with Gasteiger partial charge in [0.1, 0.15) is 17.1 Å². The Morgan fingerprint density at radius 2 is 1.89 bits per heavy atom. The number of sulfonamides is 1. The van der Waals surface area contributed by atoms with Crippen LogP contribution < -0.4 is 4.74 Å². The number of rotatable bonds is 6. The molecule has 0 aliphatic heterocycles. The summed E-state index contributed by atoms with van der Waals surface area (Å²) in [7, 11) is -0.795. The van der Waals surface area contributed by atoms with Crippen molar-refractivity contribution >= 4 is 27.0 Å². The zero-order valence-electron chi connectivity index (χ0n) is 16.0. The SMILES string of the molecule is COc1cc(C)c(S(=O)(=O)N(C)Cc2nc3c(C(=O)O)cccc3[nH]2)c(C)c1. The lowest BCUT2D eigenvalue weighted by atomic mass is 10.1. The number of ether oxygens (including phenoxy) is 1. The summed E-state index contributed by atoms with van der Waals surface area (Å²) in [5.74, 6) is -0.136. The van der Waals surface area contributed by atoms with Crippen LogP contribution in [0, 0.1) is 13.8 Å². The van der Waals surface area contributed by atoms with E-state index in [0.717, 1.165) is 0 Å². The number of carboxylic acid groups (broad SMARTS) is 1. The maximum absolute atomic E-state index is 13.1. The molecule has 0 fully saturated rings. The lowest BCUT2D eigenvalue weighted by Crippen LogP contribution is -2.28. The van der Waals surface area contributed by atoms with Crippen LogP contribution >= 0.6 is 0 Å².